The van der Waals surface area contributed by atoms with Crippen molar-refractivity contribution >= 4 is 0 Å². The van der Waals surface area contributed by atoms with Crippen LogP contribution < -0.4 is 0 Å². The van der Waals surface area contributed by atoms with Crippen LogP contribution in [-0.2, 0) is 11.2 Å². The number of nitrogens with zero attached hydrogens (tertiary/aromatic N) is 1. The van der Waals surface area contributed by atoms with Gasteiger partial charge in [0.1, 0.15) is 5.75 Å². The third-order valence-electron chi connectivity index (χ3n) is 2.82. The molecular weight excluding hydrogens is 190 g/mol. The van der Waals surface area contributed by atoms with Gasteiger partial charge < -0.3 is 9.84 Å². The van der Waals surface area contributed by atoms with Gasteiger partial charge in [-0.1, -0.05) is 12.1 Å². The highest BCUT2D eigenvalue weighted by Gasteiger charge is 2.35. The molecule has 1 heterocycles. The number of phenolic OH excluding ortho intramolecular Hbond substituents is 1. The molecule has 78 valence electrons. The monoisotopic (exact) mass is 203 g/mol. The summed E-state index contributed by atoms with van der Waals surface area (Å²) in [5.41, 5.74) is 0.705. The van der Waals surface area contributed by atoms with Gasteiger partial charge >= 0.3 is 0 Å². The Kier molecular flexibility index (Phi) is 2.61. The predicted molar refractivity (Wildman–Crippen MR) is 55.3 cm³/mol. The van der Waals surface area contributed by atoms with Crippen molar-refractivity contribution in [1.29, 1.82) is 5.26 Å². The Bertz CT molecular complexity index is 372. The molecule has 15 heavy (non-hydrogen) atoms. The minimum Gasteiger partial charge on any atom is -0.508 e. The van der Waals surface area contributed by atoms with E-state index >= 15 is 0 Å². The van der Waals surface area contributed by atoms with Crippen LogP contribution in [0, 0.1) is 16.7 Å². The number of aromatic hydroxyl groups is 1. The van der Waals surface area contributed by atoms with Crippen molar-refractivity contribution in [3.63, 3.8) is 0 Å². The van der Waals surface area contributed by atoms with Crippen molar-refractivity contribution in [2.24, 2.45) is 5.41 Å². The molecule has 1 aliphatic rings. The van der Waals surface area contributed by atoms with Crippen molar-refractivity contribution in [2.45, 2.75) is 12.8 Å². The minimum absolute atomic E-state index is 0.257. The third-order valence-corrected chi connectivity index (χ3v) is 2.82. The topological polar surface area (TPSA) is 53.2 Å². The summed E-state index contributed by atoms with van der Waals surface area (Å²) in [4.78, 5) is 0. The van der Waals surface area contributed by atoms with Crippen molar-refractivity contribution in [1.82, 2.24) is 0 Å². The van der Waals surface area contributed by atoms with Crippen LogP contribution in [-0.4, -0.2) is 18.3 Å². The van der Waals surface area contributed by atoms with Gasteiger partial charge in [0.15, 0.2) is 0 Å². The zero-order valence-corrected chi connectivity index (χ0v) is 8.44. The molecule has 1 saturated heterocycles. The van der Waals surface area contributed by atoms with E-state index < -0.39 is 0 Å². The summed E-state index contributed by atoms with van der Waals surface area (Å²) in [5, 5.41) is 18.3. The van der Waals surface area contributed by atoms with Gasteiger partial charge in [-0.05, 0) is 30.5 Å². The molecule has 0 aliphatic carbocycles. The molecule has 0 saturated carbocycles. The van der Waals surface area contributed by atoms with Gasteiger partial charge in [-0.25, -0.2) is 0 Å². The van der Waals surface area contributed by atoms with Crippen LogP contribution in [0.1, 0.15) is 12.0 Å². The van der Waals surface area contributed by atoms with Crippen LogP contribution in [0.5, 0.6) is 5.75 Å². The van der Waals surface area contributed by atoms with Crippen LogP contribution in [0.2, 0.25) is 0 Å². The Morgan fingerprint density at radius 2 is 2.13 bits per heavy atom. The second-order valence-electron chi connectivity index (χ2n) is 4.04. The number of rotatable bonds is 2. The predicted octanol–water partition coefficient (Wildman–Crippen LogP) is 1.86. The standard InChI is InChI=1S/C12H13NO2/c13-8-12(5-6-15-9-12)7-10-1-3-11(14)4-2-10/h1-4,14H,5-7,9H2. The van der Waals surface area contributed by atoms with E-state index in [9.17, 15) is 0 Å². The van der Waals surface area contributed by atoms with Gasteiger partial charge in [0.25, 0.3) is 0 Å². The molecule has 2 rings (SSSR count). The van der Waals surface area contributed by atoms with Crippen LogP contribution in [0.15, 0.2) is 24.3 Å². The van der Waals surface area contributed by atoms with E-state index in [1.165, 1.54) is 0 Å². The minimum atomic E-state index is -0.364. The zero-order valence-electron chi connectivity index (χ0n) is 8.44. The second kappa shape index (κ2) is 3.92. The van der Waals surface area contributed by atoms with Crippen LogP contribution in [0.25, 0.3) is 0 Å². The average Bonchev–Trinajstić information content (AvgIpc) is 2.71. The first-order valence-electron chi connectivity index (χ1n) is 5.01. The molecule has 1 aromatic rings. The molecule has 1 fully saturated rings. The Hall–Kier alpha value is -1.53. The summed E-state index contributed by atoms with van der Waals surface area (Å²) in [7, 11) is 0. The maximum absolute atomic E-state index is 9.15. The fourth-order valence-corrected chi connectivity index (χ4v) is 1.88. The molecule has 0 radical (unpaired) electrons. The van der Waals surface area contributed by atoms with E-state index in [4.69, 9.17) is 15.1 Å². The average molecular weight is 203 g/mol. The summed E-state index contributed by atoms with van der Waals surface area (Å²) in [6.07, 6.45) is 1.49. The summed E-state index contributed by atoms with van der Waals surface area (Å²) in [6, 6.07) is 9.36. The quantitative estimate of drug-likeness (QED) is 0.798. The van der Waals surface area contributed by atoms with Gasteiger partial charge in [0.05, 0.1) is 18.1 Å². The summed E-state index contributed by atoms with van der Waals surface area (Å²) < 4.78 is 5.28. The smallest absolute Gasteiger partial charge is 0.115 e. The molecule has 3 heteroatoms. The largest absolute Gasteiger partial charge is 0.508 e. The lowest BCUT2D eigenvalue weighted by Gasteiger charge is -2.17. The van der Waals surface area contributed by atoms with Gasteiger partial charge in [-0.2, -0.15) is 5.26 Å². The molecule has 3 nitrogen and oxygen atoms in total. The summed E-state index contributed by atoms with van der Waals surface area (Å²) >= 11 is 0. The Morgan fingerprint density at radius 3 is 2.67 bits per heavy atom. The number of nitriles is 1. The number of hydrogen-bond donors (Lipinski definition) is 1. The van der Waals surface area contributed by atoms with Crippen molar-refractivity contribution < 1.29 is 9.84 Å². The number of ether oxygens (including phenoxy) is 1. The molecule has 0 amide bonds. The fourth-order valence-electron chi connectivity index (χ4n) is 1.88. The lowest BCUT2D eigenvalue weighted by molar-refractivity contribution is 0.171. The van der Waals surface area contributed by atoms with Crippen LogP contribution in [0.4, 0.5) is 0 Å². The Balaban J connectivity index is 2.14. The van der Waals surface area contributed by atoms with E-state index in [0.29, 0.717) is 19.6 Å². The number of phenols is 1. The maximum atomic E-state index is 9.15. The number of hydrogen-bond acceptors (Lipinski definition) is 3. The van der Waals surface area contributed by atoms with E-state index in [0.717, 1.165) is 12.0 Å². The Morgan fingerprint density at radius 1 is 1.40 bits per heavy atom. The fraction of sp³-hybridized carbons (Fsp3) is 0.417. The molecule has 0 spiro atoms. The normalized spacial score (nSPS) is 25.0. The van der Waals surface area contributed by atoms with Crippen molar-refractivity contribution in [3.05, 3.63) is 29.8 Å². The van der Waals surface area contributed by atoms with Crippen LogP contribution >= 0.6 is 0 Å². The first kappa shape index (κ1) is 10.0. The maximum Gasteiger partial charge on any atom is 0.115 e. The van der Waals surface area contributed by atoms with Gasteiger partial charge in [0.2, 0.25) is 0 Å². The molecular formula is C12H13NO2. The molecule has 0 aromatic heterocycles. The molecule has 1 atom stereocenters. The first-order valence-corrected chi connectivity index (χ1v) is 5.01. The Labute approximate surface area is 88.9 Å². The molecule has 1 aliphatic heterocycles. The van der Waals surface area contributed by atoms with E-state index in [2.05, 4.69) is 6.07 Å². The SMILES string of the molecule is N#CC1(Cc2ccc(O)cc2)CCOC1. The lowest BCUT2D eigenvalue weighted by atomic mass is 9.82. The molecule has 0 bridgehead atoms. The number of benzene rings is 1. The zero-order chi connectivity index (χ0) is 10.7. The summed E-state index contributed by atoms with van der Waals surface area (Å²) in [5.74, 6) is 0.257. The van der Waals surface area contributed by atoms with Gasteiger partial charge in [-0.3, -0.25) is 0 Å². The van der Waals surface area contributed by atoms with Gasteiger partial charge in [0, 0.05) is 6.61 Å². The van der Waals surface area contributed by atoms with E-state index in [1.807, 2.05) is 12.1 Å². The molecule has 1 N–H and O–H groups in total. The van der Waals surface area contributed by atoms with E-state index in [-0.39, 0.29) is 11.2 Å². The van der Waals surface area contributed by atoms with Crippen molar-refractivity contribution in [3.8, 4) is 11.8 Å². The highest BCUT2D eigenvalue weighted by atomic mass is 16.5. The highest BCUT2D eigenvalue weighted by molar-refractivity contribution is 5.27. The molecule has 1 unspecified atom stereocenters. The van der Waals surface area contributed by atoms with Crippen LogP contribution in [0.3, 0.4) is 0 Å². The highest BCUT2D eigenvalue weighted by Crippen LogP contribution is 2.32. The lowest BCUT2D eigenvalue weighted by Crippen LogP contribution is -2.21. The van der Waals surface area contributed by atoms with Crippen molar-refractivity contribution in [2.75, 3.05) is 13.2 Å². The first-order chi connectivity index (χ1) is 7.24. The third kappa shape index (κ3) is 2.11. The van der Waals surface area contributed by atoms with Gasteiger partial charge in [-0.15, -0.1) is 0 Å². The van der Waals surface area contributed by atoms with E-state index in [1.54, 1.807) is 12.1 Å². The molecule has 1 aromatic carbocycles. The second-order valence-corrected chi connectivity index (χ2v) is 4.04. The summed E-state index contributed by atoms with van der Waals surface area (Å²) in [6.45, 7) is 1.19.